The molecule has 3 rings (SSSR count). The summed E-state index contributed by atoms with van der Waals surface area (Å²) in [4.78, 5) is 4.66. The van der Waals surface area contributed by atoms with Crippen molar-refractivity contribution in [2.75, 3.05) is 0 Å². The molecule has 19 heavy (non-hydrogen) atoms. The third-order valence-corrected chi connectivity index (χ3v) is 5.94. The average Bonchev–Trinajstić information content (AvgIpc) is 3.08. The molecule has 2 aliphatic rings. The van der Waals surface area contributed by atoms with E-state index in [4.69, 9.17) is 0 Å². The van der Waals surface area contributed by atoms with Crippen LogP contribution in [0.3, 0.4) is 0 Å². The number of nitrogens with zero attached hydrogens (tertiary/aromatic N) is 1. The van der Waals surface area contributed by atoms with Crippen LogP contribution in [-0.2, 0) is 5.54 Å². The quantitative estimate of drug-likeness (QED) is 0.829. The van der Waals surface area contributed by atoms with Gasteiger partial charge in [0.15, 0.2) is 0 Å². The molecule has 2 aliphatic carbocycles. The molecule has 2 fully saturated rings. The van der Waals surface area contributed by atoms with E-state index in [0.717, 1.165) is 17.9 Å². The van der Waals surface area contributed by atoms with Crippen molar-refractivity contribution >= 4 is 11.3 Å². The summed E-state index contributed by atoms with van der Waals surface area (Å²) in [7, 11) is 0. The van der Waals surface area contributed by atoms with Gasteiger partial charge in [-0.3, -0.25) is 0 Å². The molecule has 106 valence electrons. The molecule has 3 heteroatoms. The molecule has 0 aromatic carbocycles. The van der Waals surface area contributed by atoms with E-state index in [1.165, 1.54) is 50.0 Å². The predicted molar refractivity (Wildman–Crippen MR) is 81.4 cm³/mol. The van der Waals surface area contributed by atoms with Crippen LogP contribution in [0, 0.1) is 11.8 Å². The molecule has 2 atom stereocenters. The Morgan fingerprint density at radius 2 is 2.11 bits per heavy atom. The van der Waals surface area contributed by atoms with E-state index in [1.54, 1.807) is 0 Å². The highest BCUT2D eigenvalue weighted by atomic mass is 32.1. The molecule has 1 N–H and O–H groups in total. The molecule has 0 amide bonds. The molecule has 1 aromatic rings. The number of aromatic nitrogens is 1. The fraction of sp³-hybridized carbons (Fsp3) is 0.812. The predicted octanol–water partition coefficient (Wildman–Crippen LogP) is 4.33. The van der Waals surface area contributed by atoms with Gasteiger partial charge < -0.3 is 5.32 Å². The summed E-state index contributed by atoms with van der Waals surface area (Å²) in [6, 6.07) is 0.763. The SMILES string of the molecule is CC(C)C1CCCC(NC2CC2)(c2nccs2)CC1. The summed E-state index contributed by atoms with van der Waals surface area (Å²) in [5, 5.41) is 7.43. The monoisotopic (exact) mass is 278 g/mol. The Hall–Kier alpha value is -0.410. The van der Waals surface area contributed by atoms with Crippen molar-refractivity contribution in [3.05, 3.63) is 16.6 Å². The highest BCUT2D eigenvalue weighted by Gasteiger charge is 2.41. The molecule has 0 radical (unpaired) electrons. The Kier molecular flexibility index (Phi) is 3.95. The number of nitrogens with one attached hydrogen (secondary N) is 1. The average molecular weight is 278 g/mol. The van der Waals surface area contributed by atoms with Gasteiger partial charge in [-0.05, 0) is 43.9 Å². The molecule has 1 aromatic heterocycles. The van der Waals surface area contributed by atoms with Crippen LogP contribution in [-0.4, -0.2) is 11.0 Å². The molecular weight excluding hydrogens is 252 g/mol. The van der Waals surface area contributed by atoms with Gasteiger partial charge in [-0.15, -0.1) is 11.3 Å². The van der Waals surface area contributed by atoms with E-state index in [0.29, 0.717) is 0 Å². The van der Waals surface area contributed by atoms with Gasteiger partial charge in [-0.2, -0.15) is 0 Å². The van der Waals surface area contributed by atoms with E-state index in [-0.39, 0.29) is 5.54 Å². The van der Waals surface area contributed by atoms with Crippen LogP contribution in [0.2, 0.25) is 0 Å². The first kappa shape index (κ1) is 13.6. The van der Waals surface area contributed by atoms with Gasteiger partial charge in [0.25, 0.3) is 0 Å². The van der Waals surface area contributed by atoms with Gasteiger partial charge >= 0.3 is 0 Å². The van der Waals surface area contributed by atoms with Gasteiger partial charge in [0.05, 0.1) is 5.54 Å². The molecule has 0 saturated heterocycles. The zero-order chi connectivity index (χ0) is 13.3. The Morgan fingerprint density at radius 3 is 2.74 bits per heavy atom. The number of hydrogen-bond donors (Lipinski definition) is 1. The van der Waals surface area contributed by atoms with Crippen LogP contribution in [0.15, 0.2) is 11.6 Å². The van der Waals surface area contributed by atoms with E-state index < -0.39 is 0 Å². The minimum Gasteiger partial charge on any atom is -0.303 e. The maximum atomic E-state index is 4.66. The van der Waals surface area contributed by atoms with Crippen LogP contribution < -0.4 is 5.32 Å². The second kappa shape index (κ2) is 5.53. The summed E-state index contributed by atoms with van der Waals surface area (Å²) in [5.74, 6) is 1.73. The van der Waals surface area contributed by atoms with Crippen molar-refractivity contribution in [3.8, 4) is 0 Å². The van der Waals surface area contributed by atoms with Crippen LogP contribution >= 0.6 is 11.3 Å². The fourth-order valence-electron chi connectivity index (χ4n) is 3.53. The summed E-state index contributed by atoms with van der Waals surface area (Å²) in [5.41, 5.74) is 0.193. The second-order valence-electron chi connectivity index (χ2n) is 6.77. The molecule has 0 bridgehead atoms. The standard InChI is InChI=1S/C16H26N2S/c1-12(2)13-4-3-8-16(9-7-13,18-14-5-6-14)15-17-10-11-19-15/h10-14,18H,3-9H2,1-2H3. The minimum absolute atomic E-state index is 0.193. The number of hydrogen-bond acceptors (Lipinski definition) is 3. The van der Waals surface area contributed by atoms with E-state index in [2.05, 4.69) is 29.5 Å². The van der Waals surface area contributed by atoms with Crippen molar-refractivity contribution in [3.63, 3.8) is 0 Å². The van der Waals surface area contributed by atoms with Gasteiger partial charge in [0, 0.05) is 17.6 Å². The normalized spacial score (nSPS) is 32.5. The van der Waals surface area contributed by atoms with Gasteiger partial charge in [0.2, 0.25) is 0 Å². The van der Waals surface area contributed by atoms with Crippen molar-refractivity contribution in [2.24, 2.45) is 11.8 Å². The van der Waals surface area contributed by atoms with Crippen LogP contribution in [0.5, 0.6) is 0 Å². The Labute approximate surface area is 121 Å². The third-order valence-electron chi connectivity index (χ3n) is 4.96. The zero-order valence-corrected chi connectivity index (χ0v) is 13.0. The van der Waals surface area contributed by atoms with E-state index in [9.17, 15) is 0 Å². The fourth-order valence-corrected chi connectivity index (χ4v) is 4.39. The van der Waals surface area contributed by atoms with Crippen molar-refractivity contribution in [1.29, 1.82) is 0 Å². The Morgan fingerprint density at radius 1 is 1.26 bits per heavy atom. The molecule has 2 unspecified atom stereocenters. The lowest BCUT2D eigenvalue weighted by Crippen LogP contribution is -2.43. The molecule has 2 saturated carbocycles. The van der Waals surface area contributed by atoms with Gasteiger partial charge in [-0.25, -0.2) is 4.98 Å². The zero-order valence-electron chi connectivity index (χ0n) is 12.2. The maximum Gasteiger partial charge on any atom is 0.113 e. The largest absolute Gasteiger partial charge is 0.303 e. The number of rotatable bonds is 4. The summed E-state index contributed by atoms with van der Waals surface area (Å²) < 4.78 is 0. The minimum atomic E-state index is 0.193. The maximum absolute atomic E-state index is 4.66. The summed E-state index contributed by atoms with van der Waals surface area (Å²) in [6.07, 6.45) is 11.4. The second-order valence-corrected chi connectivity index (χ2v) is 7.67. The lowest BCUT2D eigenvalue weighted by molar-refractivity contribution is 0.272. The smallest absolute Gasteiger partial charge is 0.113 e. The Bertz CT molecular complexity index is 397. The Balaban J connectivity index is 1.79. The highest BCUT2D eigenvalue weighted by Crippen LogP contribution is 2.42. The first-order valence-corrected chi connectivity index (χ1v) is 8.75. The summed E-state index contributed by atoms with van der Waals surface area (Å²) >= 11 is 1.84. The summed E-state index contributed by atoms with van der Waals surface area (Å²) in [6.45, 7) is 4.77. The van der Waals surface area contributed by atoms with Gasteiger partial charge in [0.1, 0.15) is 5.01 Å². The van der Waals surface area contributed by atoms with Crippen molar-refractivity contribution in [2.45, 2.75) is 70.4 Å². The lowest BCUT2D eigenvalue weighted by atomic mass is 9.86. The first-order chi connectivity index (χ1) is 9.20. The van der Waals surface area contributed by atoms with Crippen molar-refractivity contribution < 1.29 is 0 Å². The van der Waals surface area contributed by atoms with E-state index in [1.807, 2.05) is 17.5 Å². The molecule has 0 aliphatic heterocycles. The number of thiazole rings is 1. The van der Waals surface area contributed by atoms with Crippen LogP contribution in [0.1, 0.15) is 63.8 Å². The molecule has 1 heterocycles. The third kappa shape index (κ3) is 3.03. The first-order valence-electron chi connectivity index (χ1n) is 7.87. The van der Waals surface area contributed by atoms with E-state index >= 15 is 0 Å². The van der Waals surface area contributed by atoms with Gasteiger partial charge in [-0.1, -0.05) is 26.7 Å². The lowest BCUT2D eigenvalue weighted by Gasteiger charge is -2.32. The van der Waals surface area contributed by atoms with Crippen molar-refractivity contribution in [1.82, 2.24) is 10.3 Å². The van der Waals surface area contributed by atoms with Crippen LogP contribution in [0.4, 0.5) is 0 Å². The topological polar surface area (TPSA) is 24.9 Å². The molecule has 2 nitrogen and oxygen atoms in total. The van der Waals surface area contributed by atoms with Crippen LogP contribution in [0.25, 0.3) is 0 Å². The molecular formula is C16H26N2S. The highest BCUT2D eigenvalue weighted by molar-refractivity contribution is 7.09. The molecule has 0 spiro atoms.